The number of ketones is 1. The lowest BCUT2D eigenvalue weighted by molar-refractivity contribution is 0.0690. The monoisotopic (exact) mass is 229 g/mol. The molecule has 0 fully saturated rings. The first kappa shape index (κ1) is 11.3. The lowest BCUT2D eigenvalue weighted by atomic mass is 10.0. The molecule has 86 valence electrons. The van der Waals surface area contributed by atoms with Crippen molar-refractivity contribution in [3.63, 3.8) is 0 Å². The number of pyridine rings is 1. The van der Waals surface area contributed by atoms with Gasteiger partial charge in [0.15, 0.2) is 5.78 Å². The molecule has 0 saturated carbocycles. The van der Waals surface area contributed by atoms with Gasteiger partial charge >= 0.3 is 5.97 Å². The quantitative estimate of drug-likeness (QED) is 0.803. The third-order valence-electron chi connectivity index (χ3n) is 2.64. The van der Waals surface area contributed by atoms with E-state index in [4.69, 9.17) is 5.11 Å². The largest absolute Gasteiger partial charge is 0.477 e. The number of Topliss-reactive ketones (excluding diaryl/α,β-unsaturated/α-hetero) is 1. The first-order valence-corrected chi connectivity index (χ1v) is 5.14. The summed E-state index contributed by atoms with van der Waals surface area (Å²) in [5.41, 5.74) is 2.01. The molecule has 0 aliphatic carbocycles. The minimum Gasteiger partial charge on any atom is -0.477 e. The highest BCUT2D eigenvalue weighted by Gasteiger charge is 2.09. The Balaban J connectivity index is 2.72. The molecule has 0 aliphatic heterocycles. The standard InChI is InChI=1S/C13H11NO3/c1-7-5-12(13(16)17)14-11-4-3-9(8(2)15)6-10(7)11/h3-6H,1-2H3,(H,16,17). The number of aromatic carboxylic acids is 1. The van der Waals surface area contributed by atoms with Gasteiger partial charge in [-0.3, -0.25) is 4.79 Å². The summed E-state index contributed by atoms with van der Waals surface area (Å²) < 4.78 is 0. The van der Waals surface area contributed by atoms with Crippen molar-refractivity contribution in [3.05, 3.63) is 41.1 Å². The van der Waals surface area contributed by atoms with E-state index in [1.807, 2.05) is 0 Å². The fourth-order valence-electron chi connectivity index (χ4n) is 1.72. The molecule has 4 nitrogen and oxygen atoms in total. The molecule has 0 saturated heterocycles. The molecule has 4 heteroatoms. The van der Waals surface area contributed by atoms with Gasteiger partial charge in [0.25, 0.3) is 0 Å². The molecule has 1 heterocycles. The van der Waals surface area contributed by atoms with E-state index in [-0.39, 0.29) is 11.5 Å². The first-order chi connectivity index (χ1) is 7.99. The van der Waals surface area contributed by atoms with Crippen LogP contribution in [-0.2, 0) is 0 Å². The van der Waals surface area contributed by atoms with Crippen molar-refractivity contribution in [2.45, 2.75) is 13.8 Å². The number of benzene rings is 1. The Labute approximate surface area is 97.9 Å². The van der Waals surface area contributed by atoms with Gasteiger partial charge in [-0.2, -0.15) is 0 Å². The molecule has 0 unspecified atom stereocenters. The zero-order valence-corrected chi connectivity index (χ0v) is 9.52. The molecule has 0 aliphatic rings. The molecule has 0 spiro atoms. The van der Waals surface area contributed by atoms with Crippen LogP contribution in [0.15, 0.2) is 24.3 Å². The lowest BCUT2D eigenvalue weighted by Gasteiger charge is -2.05. The summed E-state index contributed by atoms with van der Waals surface area (Å²) in [7, 11) is 0. The fraction of sp³-hybridized carbons (Fsp3) is 0.154. The van der Waals surface area contributed by atoms with Crippen LogP contribution in [0, 0.1) is 6.92 Å². The minimum atomic E-state index is -1.05. The molecule has 1 N–H and O–H groups in total. The minimum absolute atomic E-state index is 0.0191. The van der Waals surface area contributed by atoms with Crippen LogP contribution in [0.3, 0.4) is 0 Å². The van der Waals surface area contributed by atoms with Crippen molar-refractivity contribution < 1.29 is 14.7 Å². The van der Waals surface area contributed by atoms with Gasteiger partial charge in [-0.1, -0.05) is 0 Å². The Morgan fingerprint density at radius 2 is 1.94 bits per heavy atom. The summed E-state index contributed by atoms with van der Waals surface area (Å²) >= 11 is 0. The van der Waals surface area contributed by atoms with E-state index >= 15 is 0 Å². The Kier molecular flexibility index (Phi) is 2.63. The van der Waals surface area contributed by atoms with Crippen molar-refractivity contribution in [1.82, 2.24) is 4.98 Å². The Morgan fingerprint density at radius 3 is 2.53 bits per heavy atom. The molecule has 2 rings (SSSR count). The number of carboxylic acids is 1. The second kappa shape index (κ2) is 3.97. The summed E-state index contributed by atoms with van der Waals surface area (Å²) in [6, 6.07) is 6.58. The van der Waals surface area contributed by atoms with Crippen molar-refractivity contribution in [2.75, 3.05) is 0 Å². The van der Waals surface area contributed by atoms with E-state index < -0.39 is 5.97 Å². The average Bonchev–Trinajstić information content (AvgIpc) is 2.28. The van der Waals surface area contributed by atoms with E-state index in [0.717, 1.165) is 10.9 Å². The summed E-state index contributed by atoms with van der Waals surface area (Å²) in [5, 5.41) is 9.70. The molecular weight excluding hydrogens is 218 g/mol. The summed E-state index contributed by atoms with van der Waals surface area (Å²) in [6.07, 6.45) is 0. The van der Waals surface area contributed by atoms with Crippen LogP contribution >= 0.6 is 0 Å². The number of rotatable bonds is 2. The smallest absolute Gasteiger partial charge is 0.354 e. The number of aromatic nitrogens is 1. The second-order valence-electron chi connectivity index (χ2n) is 3.92. The summed E-state index contributed by atoms with van der Waals surface area (Å²) in [6.45, 7) is 3.30. The highest BCUT2D eigenvalue weighted by molar-refractivity contribution is 5.99. The number of fused-ring (bicyclic) bond motifs is 1. The third kappa shape index (κ3) is 2.01. The topological polar surface area (TPSA) is 67.3 Å². The second-order valence-corrected chi connectivity index (χ2v) is 3.92. The fourth-order valence-corrected chi connectivity index (χ4v) is 1.72. The molecular formula is C13H11NO3. The van der Waals surface area contributed by atoms with Gasteiger partial charge in [-0.25, -0.2) is 9.78 Å². The molecule has 17 heavy (non-hydrogen) atoms. The number of nitrogens with zero attached hydrogens (tertiary/aromatic N) is 1. The van der Waals surface area contributed by atoms with Gasteiger partial charge in [0, 0.05) is 10.9 Å². The lowest BCUT2D eigenvalue weighted by Crippen LogP contribution is -2.02. The molecule has 0 radical (unpaired) electrons. The SMILES string of the molecule is CC(=O)c1ccc2nc(C(=O)O)cc(C)c2c1. The number of aryl methyl sites for hydroxylation is 1. The van der Waals surface area contributed by atoms with Crippen LogP contribution in [0.1, 0.15) is 33.3 Å². The van der Waals surface area contributed by atoms with Crippen LogP contribution in [0.5, 0.6) is 0 Å². The highest BCUT2D eigenvalue weighted by atomic mass is 16.4. The van der Waals surface area contributed by atoms with Crippen molar-refractivity contribution in [1.29, 1.82) is 0 Å². The zero-order valence-electron chi connectivity index (χ0n) is 9.52. The maximum atomic E-state index is 11.3. The number of carbonyl (C=O) groups is 2. The molecule has 2 aromatic rings. The van der Waals surface area contributed by atoms with E-state index in [1.54, 1.807) is 25.1 Å². The number of carboxylic acid groups (broad SMARTS) is 1. The van der Waals surface area contributed by atoms with Gasteiger partial charge in [-0.05, 0) is 43.7 Å². The van der Waals surface area contributed by atoms with Gasteiger partial charge in [0.05, 0.1) is 5.52 Å². The maximum Gasteiger partial charge on any atom is 0.354 e. The van der Waals surface area contributed by atoms with Crippen molar-refractivity contribution >= 4 is 22.7 Å². The van der Waals surface area contributed by atoms with Crippen LogP contribution in [-0.4, -0.2) is 21.8 Å². The summed E-state index contributed by atoms with van der Waals surface area (Å²) in [5.74, 6) is -1.07. The first-order valence-electron chi connectivity index (χ1n) is 5.14. The van der Waals surface area contributed by atoms with Gasteiger partial charge in [0.2, 0.25) is 0 Å². The van der Waals surface area contributed by atoms with Crippen LogP contribution in [0.2, 0.25) is 0 Å². The van der Waals surface area contributed by atoms with Crippen molar-refractivity contribution in [2.24, 2.45) is 0 Å². The Bertz CT molecular complexity index is 632. The van der Waals surface area contributed by atoms with Crippen LogP contribution in [0.25, 0.3) is 10.9 Å². The Morgan fingerprint density at radius 1 is 1.24 bits per heavy atom. The number of hydrogen-bond donors (Lipinski definition) is 1. The molecule has 1 aromatic heterocycles. The molecule has 1 aromatic carbocycles. The van der Waals surface area contributed by atoms with Gasteiger partial charge in [-0.15, -0.1) is 0 Å². The molecule has 0 atom stereocenters. The van der Waals surface area contributed by atoms with E-state index in [1.165, 1.54) is 13.0 Å². The van der Waals surface area contributed by atoms with Crippen LogP contribution in [0.4, 0.5) is 0 Å². The van der Waals surface area contributed by atoms with Crippen molar-refractivity contribution in [3.8, 4) is 0 Å². The summed E-state index contributed by atoms with van der Waals surface area (Å²) in [4.78, 5) is 26.1. The van der Waals surface area contributed by atoms with Crippen LogP contribution < -0.4 is 0 Å². The van der Waals surface area contributed by atoms with E-state index in [9.17, 15) is 9.59 Å². The highest BCUT2D eigenvalue weighted by Crippen LogP contribution is 2.19. The predicted octanol–water partition coefficient (Wildman–Crippen LogP) is 2.44. The average molecular weight is 229 g/mol. The number of hydrogen-bond acceptors (Lipinski definition) is 3. The van der Waals surface area contributed by atoms with Gasteiger partial charge < -0.3 is 5.11 Å². The molecule has 0 amide bonds. The molecule has 0 bridgehead atoms. The van der Waals surface area contributed by atoms with Gasteiger partial charge in [0.1, 0.15) is 5.69 Å². The predicted molar refractivity (Wildman–Crippen MR) is 63.4 cm³/mol. The van der Waals surface area contributed by atoms with E-state index in [0.29, 0.717) is 11.1 Å². The van der Waals surface area contributed by atoms with E-state index in [2.05, 4.69) is 4.98 Å². The number of carbonyl (C=O) groups excluding carboxylic acids is 1. The Hall–Kier alpha value is -2.23. The maximum absolute atomic E-state index is 11.3. The normalized spacial score (nSPS) is 10.5. The third-order valence-corrected chi connectivity index (χ3v) is 2.64. The zero-order chi connectivity index (χ0) is 12.6.